The second kappa shape index (κ2) is 7.62. The number of carbonyl (C=O) groups excluding carboxylic acids is 3. The first-order chi connectivity index (χ1) is 11.1. The molecule has 7 nitrogen and oxygen atoms in total. The van der Waals surface area contributed by atoms with Gasteiger partial charge in [-0.2, -0.15) is 0 Å². The average molecular weight is 319 g/mol. The van der Waals surface area contributed by atoms with Crippen molar-refractivity contribution < 1.29 is 19.1 Å². The van der Waals surface area contributed by atoms with E-state index < -0.39 is 0 Å². The Morgan fingerprint density at radius 2 is 1.87 bits per heavy atom. The van der Waals surface area contributed by atoms with E-state index in [9.17, 15) is 14.4 Å². The first-order valence-electron chi connectivity index (χ1n) is 7.45. The highest BCUT2D eigenvalue weighted by atomic mass is 16.5. The molecule has 1 saturated heterocycles. The van der Waals surface area contributed by atoms with Gasteiger partial charge in [-0.1, -0.05) is 12.1 Å². The molecule has 0 unspecified atom stereocenters. The quantitative estimate of drug-likeness (QED) is 0.734. The van der Waals surface area contributed by atoms with Gasteiger partial charge in [-0.05, 0) is 12.1 Å². The van der Waals surface area contributed by atoms with Gasteiger partial charge in [0.25, 0.3) is 0 Å². The van der Waals surface area contributed by atoms with Crippen LogP contribution < -0.4 is 9.64 Å². The van der Waals surface area contributed by atoms with E-state index in [1.54, 1.807) is 34.1 Å². The Kier molecular flexibility index (Phi) is 5.56. The summed E-state index contributed by atoms with van der Waals surface area (Å²) in [5, 5.41) is 0. The first kappa shape index (κ1) is 16.8. The molecule has 0 spiro atoms. The molecule has 1 aliphatic heterocycles. The molecule has 0 aliphatic carbocycles. The number of hydrogen-bond acceptors (Lipinski definition) is 4. The normalized spacial score (nSPS) is 14.3. The fourth-order valence-electron chi connectivity index (χ4n) is 2.53. The van der Waals surface area contributed by atoms with Crippen LogP contribution in [0, 0.1) is 0 Å². The smallest absolute Gasteiger partial charge is 0.242 e. The molecule has 1 aromatic rings. The van der Waals surface area contributed by atoms with Crippen LogP contribution in [-0.4, -0.2) is 67.9 Å². The zero-order valence-electron chi connectivity index (χ0n) is 13.4. The molecule has 0 radical (unpaired) electrons. The molecule has 7 heteroatoms. The van der Waals surface area contributed by atoms with Crippen LogP contribution in [0.15, 0.2) is 24.3 Å². The van der Waals surface area contributed by atoms with Crippen LogP contribution in [0.4, 0.5) is 5.69 Å². The Morgan fingerprint density at radius 1 is 1.22 bits per heavy atom. The van der Waals surface area contributed by atoms with Crippen LogP contribution in [0.2, 0.25) is 0 Å². The van der Waals surface area contributed by atoms with E-state index in [1.807, 2.05) is 0 Å². The van der Waals surface area contributed by atoms with Gasteiger partial charge in [0.1, 0.15) is 12.3 Å². The molecule has 1 aromatic carbocycles. The molecule has 0 N–H and O–H groups in total. The van der Waals surface area contributed by atoms with E-state index in [4.69, 9.17) is 4.74 Å². The Labute approximate surface area is 135 Å². The summed E-state index contributed by atoms with van der Waals surface area (Å²) >= 11 is 0. The summed E-state index contributed by atoms with van der Waals surface area (Å²) in [7, 11) is 1.53. The number of amides is 3. The molecular formula is C16H21N3O4. The van der Waals surface area contributed by atoms with Crippen molar-refractivity contribution in [3.8, 4) is 5.75 Å². The van der Waals surface area contributed by atoms with E-state index >= 15 is 0 Å². The lowest BCUT2D eigenvalue weighted by atomic mass is 10.2. The van der Waals surface area contributed by atoms with Crippen molar-refractivity contribution >= 4 is 23.9 Å². The summed E-state index contributed by atoms with van der Waals surface area (Å²) in [5.74, 6) is 0.173. The Hall–Kier alpha value is -2.57. The number of carbonyl (C=O) groups is 3. The number of nitrogens with zero attached hydrogens (tertiary/aromatic N) is 3. The number of rotatable bonds is 5. The van der Waals surface area contributed by atoms with E-state index in [1.165, 1.54) is 18.9 Å². The van der Waals surface area contributed by atoms with Crippen molar-refractivity contribution in [2.75, 3.05) is 44.7 Å². The highest BCUT2D eigenvalue weighted by molar-refractivity contribution is 5.98. The van der Waals surface area contributed by atoms with Gasteiger partial charge < -0.3 is 14.5 Å². The Morgan fingerprint density at radius 3 is 2.43 bits per heavy atom. The van der Waals surface area contributed by atoms with E-state index in [0.29, 0.717) is 37.6 Å². The maximum atomic E-state index is 12.5. The van der Waals surface area contributed by atoms with Crippen LogP contribution in [0.25, 0.3) is 0 Å². The van der Waals surface area contributed by atoms with Crippen molar-refractivity contribution in [3.63, 3.8) is 0 Å². The number of para-hydroxylation sites is 2. The summed E-state index contributed by atoms with van der Waals surface area (Å²) in [5.41, 5.74) is 0.572. The van der Waals surface area contributed by atoms with Gasteiger partial charge in [-0.25, -0.2) is 0 Å². The van der Waals surface area contributed by atoms with Gasteiger partial charge in [-0.15, -0.1) is 0 Å². The number of piperazine rings is 1. The molecule has 0 saturated carbocycles. The molecule has 0 aromatic heterocycles. The minimum absolute atomic E-state index is 0.0448. The monoisotopic (exact) mass is 319 g/mol. The SMILES string of the molecule is COc1ccccc1N(CC(=O)N1CCN(C=O)CC1)C(C)=O. The Balaban J connectivity index is 2.09. The topological polar surface area (TPSA) is 70.2 Å². The molecule has 3 amide bonds. The summed E-state index contributed by atoms with van der Waals surface area (Å²) in [6.07, 6.45) is 0.790. The predicted molar refractivity (Wildman–Crippen MR) is 85.2 cm³/mol. The third-order valence-corrected chi connectivity index (χ3v) is 3.87. The summed E-state index contributed by atoms with van der Waals surface area (Å²) in [6, 6.07) is 7.10. The van der Waals surface area contributed by atoms with E-state index in [2.05, 4.69) is 0 Å². The second-order valence-corrected chi connectivity index (χ2v) is 5.30. The highest BCUT2D eigenvalue weighted by Gasteiger charge is 2.25. The average Bonchev–Trinajstić information content (AvgIpc) is 2.59. The minimum Gasteiger partial charge on any atom is -0.495 e. The zero-order valence-corrected chi connectivity index (χ0v) is 13.4. The van der Waals surface area contributed by atoms with Gasteiger partial charge in [-0.3, -0.25) is 19.3 Å². The standard InChI is InChI=1S/C16H21N3O4/c1-13(21)19(14-5-3-4-6-15(14)23-2)11-16(22)18-9-7-17(12-20)8-10-18/h3-6,12H,7-11H2,1-2H3. The molecule has 1 aliphatic rings. The van der Waals surface area contributed by atoms with Crippen molar-refractivity contribution in [2.24, 2.45) is 0 Å². The molecule has 1 fully saturated rings. The fourth-order valence-corrected chi connectivity index (χ4v) is 2.53. The zero-order chi connectivity index (χ0) is 16.8. The van der Waals surface area contributed by atoms with E-state index in [-0.39, 0.29) is 18.4 Å². The van der Waals surface area contributed by atoms with Gasteiger partial charge >= 0.3 is 0 Å². The minimum atomic E-state index is -0.227. The first-order valence-corrected chi connectivity index (χ1v) is 7.45. The van der Waals surface area contributed by atoms with Crippen LogP contribution in [0.3, 0.4) is 0 Å². The maximum Gasteiger partial charge on any atom is 0.242 e. The van der Waals surface area contributed by atoms with Gasteiger partial charge in [0.05, 0.1) is 12.8 Å². The number of anilines is 1. The molecule has 23 heavy (non-hydrogen) atoms. The lowest BCUT2D eigenvalue weighted by Crippen LogP contribution is -2.51. The van der Waals surface area contributed by atoms with Crippen molar-refractivity contribution in [1.29, 1.82) is 0 Å². The summed E-state index contributed by atoms with van der Waals surface area (Å²) in [4.78, 5) is 39.9. The number of benzene rings is 1. The molecule has 1 heterocycles. The van der Waals surface area contributed by atoms with E-state index in [0.717, 1.165) is 6.41 Å². The Bertz CT molecular complexity index is 582. The number of methoxy groups -OCH3 is 1. The molecular weight excluding hydrogens is 298 g/mol. The lowest BCUT2D eigenvalue weighted by molar-refractivity contribution is -0.134. The van der Waals surface area contributed by atoms with Crippen LogP contribution in [0.1, 0.15) is 6.92 Å². The molecule has 124 valence electrons. The lowest BCUT2D eigenvalue weighted by Gasteiger charge is -2.34. The van der Waals surface area contributed by atoms with Crippen molar-refractivity contribution in [2.45, 2.75) is 6.92 Å². The van der Waals surface area contributed by atoms with Crippen LogP contribution in [0.5, 0.6) is 5.75 Å². The third kappa shape index (κ3) is 4.00. The van der Waals surface area contributed by atoms with Gasteiger partial charge in [0.2, 0.25) is 18.2 Å². The van der Waals surface area contributed by atoms with Gasteiger partial charge in [0, 0.05) is 33.1 Å². The number of ether oxygens (including phenoxy) is 1. The second-order valence-electron chi connectivity index (χ2n) is 5.30. The van der Waals surface area contributed by atoms with Crippen LogP contribution in [-0.2, 0) is 14.4 Å². The van der Waals surface area contributed by atoms with Crippen LogP contribution >= 0.6 is 0 Å². The summed E-state index contributed by atoms with van der Waals surface area (Å²) in [6.45, 7) is 3.37. The predicted octanol–water partition coefficient (Wildman–Crippen LogP) is 0.349. The third-order valence-electron chi connectivity index (χ3n) is 3.87. The molecule has 0 atom stereocenters. The number of hydrogen-bond donors (Lipinski definition) is 0. The van der Waals surface area contributed by atoms with Crippen molar-refractivity contribution in [1.82, 2.24) is 9.80 Å². The molecule has 0 bridgehead atoms. The molecule has 2 rings (SSSR count). The van der Waals surface area contributed by atoms with Crippen molar-refractivity contribution in [3.05, 3.63) is 24.3 Å². The fraction of sp³-hybridized carbons (Fsp3) is 0.438. The largest absolute Gasteiger partial charge is 0.495 e. The van der Waals surface area contributed by atoms with Gasteiger partial charge in [0.15, 0.2) is 0 Å². The highest BCUT2D eigenvalue weighted by Crippen LogP contribution is 2.27. The summed E-state index contributed by atoms with van der Waals surface area (Å²) < 4.78 is 5.27. The maximum absolute atomic E-state index is 12.5.